The Hall–Kier alpha value is -2.87. The predicted molar refractivity (Wildman–Crippen MR) is 107 cm³/mol. The number of para-hydroxylation sites is 2. The van der Waals surface area contributed by atoms with Crippen molar-refractivity contribution in [3.05, 3.63) is 40.3 Å². The van der Waals surface area contributed by atoms with Gasteiger partial charge in [-0.1, -0.05) is 12.1 Å². The number of amides is 1. The lowest BCUT2D eigenvalue weighted by molar-refractivity contribution is -0.118. The number of ether oxygens (including phenoxy) is 3. The first kappa shape index (κ1) is 21.4. The van der Waals surface area contributed by atoms with E-state index < -0.39 is 11.9 Å². The Labute approximate surface area is 167 Å². The van der Waals surface area contributed by atoms with Crippen LogP contribution in [0.15, 0.2) is 24.3 Å². The SMILES string of the molecule is CCOC(=O)c1c(NC(=O)COc2ccccc2OCC)sc(C(C)=O)c1C. The molecule has 0 aliphatic heterocycles. The van der Waals surface area contributed by atoms with Crippen molar-refractivity contribution in [2.45, 2.75) is 27.7 Å². The van der Waals surface area contributed by atoms with Crippen LogP contribution >= 0.6 is 11.3 Å². The molecule has 0 aliphatic carbocycles. The monoisotopic (exact) mass is 405 g/mol. The van der Waals surface area contributed by atoms with E-state index >= 15 is 0 Å². The summed E-state index contributed by atoms with van der Waals surface area (Å²) in [5.74, 6) is -0.252. The lowest BCUT2D eigenvalue weighted by Gasteiger charge is -2.11. The molecule has 0 atom stereocenters. The molecule has 0 unspecified atom stereocenters. The molecule has 0 aliphatic rings. The van der Waals surface area contributed by atoms with E-state index in [4.69, 9.17) is 14.2 Å². The molecule has 8 heteroatoms. The number of Topliss-reactive ketones (excluding diaryl/α,β-unsaturated/α-hetero) is 1. The van der Waals surface area contributed by atoms with Gasteiger partial charge in [0.25, 0.3) is 5.91 Å². The Morgan fingerprint density at radius 2 is 1.68 bits per heavy atom. The maximum atomic E-state index is 12.4. The number of nitrogens with one attached hydrogen (secondary N) is 1. The Bertz CT molecular complexity index is 874. The third-order valence-corrected chi connectivity index (χ3v) is 5.01. The van der Waals surface area contributed by atoms with E-state index in [1.807, 2.05) is 6.92 Å². The van der Waals surface area contributed by atoms with Crippen molar-refractivity contribution < 1.29 is 28.6 Å². The Morgan fingerprint density at radius 1 is 1.04 bits per heavy atom. The number of rotatable bonds is 9. The third-order valence-electron chi connectivity index (χ3n) is 3.71. The van der Waals surface area contributed by atoms with Crippen LogP contribution in [0.5, 0.6) is 11.5 Å². The fourth-order valence-electron chi connectivity index (χ4n) is 2.54. The first-order chi connectivity index (χ1) is 13.4. The molecule has 0 radical (unpaired) electrons. The minimum Gasteiger partial charge on any atom is -0.490 e. The first-order valence-corrected chi connectivity index (χ1v) is 9.66. The van der Waals surface area contributed by atoms with Gasteiger partial charge in [0.15, 0.2) is 23.9 Å². The lowest BCUT2D eigenvalue weighted by atomic mass is 10.1. The van der Waals surface area contributed by atoms with Gasteiger partial charge in [0.05, 0.1) is 23.7 Å². The second kappa shape index (κ2) is 9.89. The van der Waals surface area contributed by atoms with Crippen molar-refractivity contribution in [1.82, 2.24) is 0 Å². The summed E-state index contributed by atoms with van der Waals surface area (Å²) in [4.78, 5) is 36.9. The molecule has 1 heterocycles. The average molecular weight is 405 g/mol. The first-order valence-electron chi connectivity index (χ1n) is 8.84. The van der Waals surface area contributed by atoms with E-state index in [9.17, 15) is 14.4 Å². The highest BCUT2D eigenvalue weighted by Gasteiger charge is 2.25. The van der Waals surface area contributed by atoms with Gasteiger partial charge in [-0.3, -0.25) is 9.59 Å². The molecule has 0 saturated heterocycles. The van der Waals surface area contributed by atoms with Crippen LogP contribution in [0.1, 0.15) is 46.4 Å². The van der Waals surface area contributed by atoms with Gasteiger partial charge in [0.2, 0.25) is 0 Å². The number of hydrogen-bond acceptors (Lipinski definition) is 7. The quantitative estimate of drug-likeness (QED) is 0.503. The van der Waals surface area contributed by atoms with Gasteiger partial charge in [-0.15, -0.1) is 11.3 Å². The topological polar surface area (TPSA) is 90.9 Å². The molecule has 2 aromatic rings. The maximum absolute atomic E-state index is 12.4. The van der Waals surface area contributed by atoms with Crippen LogP contribution in [0.3, 0.4) is 0 Å². The Morgan fingerprint density at radius 3 is 2.25 bits per heavy atom. The number of esters is 1. The Kier molecular flexibility index (Phi) is 7.57. The molecule has 0 saturated carbocycles. The molecule has 1 aromatic carbocycles. The molecule has 0 spiro atoms. The molecule has 1 aromatic heterocycles. The molecular weight excluding hydrogens is 382 g/mol. The van der Waals surface area contributed by atoms with E-state index in [1.165, 1.54) is 6.92 Å². The summed E-state index contributed by atoms with van der Waals surface area (Å²) in [5.41, 5.74) is 0.689. The molecule has 2 rings (SSSR count). The second-order valence-corrected chi connectivity index (χ2v) is 6.77. The highest BCUT2D eigenvalue weighted by atomic mass is 32.1. The zero-order chi connectivity index (χ0) is 20.7. The van der Waals surface area contributed by atoms with Gasteiger partial charge in [-0.05, 0) is 45.4 Å². The molecule has 1 N–H and O–H groups in total. The lowest BCUT2D eigenvalue weighted by Crippen LogP contribution is -2.21. The highest BCUT2D eigenvalue weighted by molar-refractivity contribution is 7.18. The normalized spacial score (nSPS) is 10.3. The van der Waals surface area contributed by atoms with Crippen LogP contribution in [-0.4, -0.2) is 37.5 Å². The maximum Gasteiger partial charge on any atom is 0.341 e. The van der Waals surface area contributed by atoms with Crippen LogP contribution in [-0.2, 0) is 9.53 Å². The number of carbonyl (C=O) groups is 3. The van der Waals surface area contributed by atoms with E-state index in [-0.39, 0.29) is 29.6 Å². The molecule has 0 bridgehead atoms. The third kappa shape index (κ3) is 5.10. The largest absolute Gasteiger partial charge is 0.490 e. The number of thiophene rings is 1. The molecule has 28 heavy (non-hydrogen) atoms. The van der Waals surface area contributed by atoms with Gasteiger partial charge in [-0.25, -0.2) is 4.79 Å². The van der Waals surface area contributed by atoms with Gasteiger partial charge >= 0.3 is 5.97 Å². The zero-order valence-corrected chi connectivity index (χ0v) is 17.1. The van der Waals surface area contributed by atoms with Crippen molar-refractivity contribution in [2.24, 2.45) is 0 Å². The summed E-state index contributed by atoms with van der Waals surface area (Å²) in [6.45, 7) is 6.99. The smallest absolute Gasteiger partial charge is 0.341 e. The van der Waals surface area contributed by atoms with Crippen LogP contribution in [0.25, 0.3) is 0 Å². The van der Waals surface area contributed by atoms with Gasteiger partial charge in [0, 0.05) is 0 Å². The summed E-state index contributed by atoms with van der Waals surface area (Å²) in [6, 6.07) is 7.03. The summed E-state index contributed by atoms with van der Waals surface area (Å²) < 4.78 is 16.1. The van der Waals surface area contributed by atoms with E-state index in [0.717, 1.165) is 11.3 Å². The minimum atomic E-state index is -0.582. The molecular formula is C20H23NO6S. The number of hydrogen-bond donors (Lipinski definition) is 1. The summed E-state index contributed by atoms with van der Waals surface area (Å²) in [7, 11) is 0. The van der Waals surface area contributed by atoms with Crippen LogP contribution in [0, 0.1) is 6.92 Å². The van der Waals surface area contributed by atoms with Crippen LogP contribution < -0.4 is 14.8 Å². The fourth-order valence-corrected chi connectivity index (χ4v) is 3.64. The summed E-state index contributed by atoms with van der Waals surface area (Å²) in [6.07, 6.45) is 0. The van der Waals surface area contributed by atoms with Crippen molar-refractivity contribution in [1.29, 1.82) is 0 Å². The molecule has 1 amide bonds. The molecule has 0 fully saturated rings. The predicted octanol–water partition coefficient (Wildman–Crippen LogP) is 3.85. The van der Waals surface area contributed by atoms with Crippen molar-refractivity contribution in [3.63, 3.8) is 0 Å². The number of anilines is 1. The second-order valence-electron chi connectivity index (χ2n) is 5.75. The van der Waals surface area contributed by atoms with E-state index in [0.29, 0.717) is 28.5 Å². The van der Waals surface area contributed by atoms with E-state index in [1.54, 1.807) is 38.1 Å². The standard InChI is InChI=1S/C20H23NO6S/c1-5-25-14-9-7-8-10-15(14)27-11-16(23)21-19-17(20(24)26-6-2)12(3)18(28-19)13(4)22/h7-10H,5-6,11H2,1-4H3,(H,21,23). The summed E-state index contributed by atoms with van der Waals surface area (Å²) in [5, 5.41) is 2.92. The van der Waals surface area contributed by atoms with Crippen molar-refractivity contribution >= 4 is 34.0 Å². The van der Waals surface area contributed by atoms with Crippen LogP contribution in [0.2, 0.25) is 0 Å². The molecule has 7 nitrogen and oxygen atoms in total. The highest BCUT2D eigenvalue weighted by Crippen LogP contribution is 2.34. The van der Waals surface area contributed by atoms with Crippen molar-refractivity contribution in [2.75, 3.05) is 25.1 Å². The van der Waals surface area contributed by atoms with Crippen molar-refractivity contribution in [3.8, 4) is 11.5 Å². The minimum absolute atomic E-state index is 0.185. The van der Waals surface area contributed by atoms with E-state index in [2.05, 4.69) is 5.32 Å². The molecule has 150 valence electrons. The Balaban J connectivity index is 2.16. The summed E-state index contributed by atoms with van der Waals surface area (Å²) >= 11 is 1.05. The van der Waals surface area contributed by atoms with Gasteiger partial charge in [-0.2, -0.15) is 0 Å². The van der Waals surface area contributed by atoms with Gasteiger partial charge < -0.3 is 19.5 Å². The number of ketones is 1. The van der Waals surface area contributed by atoms with Gasteiger partial charge in [0.1, 0.15) is 5.00 Å². The zero-order valence-electron chi connectivity index (χ0n) is 16.3. The van der Waals surface area contributed by atoms with Crippen LogP contribution in [0.4, 0.5) is 5.00 Å². The average Bonchev–Trinajstić information content (AvgIpc) is 2.97. The number of benzene rings is 1. The number of carbonyl (C=O) groups excluding carboxylic acids is 3. The fraction of sp³-hybridized carbons (Fsp3) is 0.350.